The summed E-state index contributed by atoms with van der Waals surface area (Å²) >= 11 is 0. The van der Waals surface area contributed by atoms with E-state index < -0.39 is 0 Å². The molecule has 10 aromatic rings. The van der Waals surface area contributed by atoms with Crippen molar-refractivity contribution in [3.63, 3.8) is 0 Å². The van der Waals surface area contributed by atoms with Crippen LogP contribution in [0.1, 0.15) is 11.5 Å². The van der Waals surface area contributed by atoms with Gasteiger partial charge in [0, 0.05) is 38.8 Å². The van der Waals surface area contributed by atoms with Crippen LogP contribution >= 0.6 is 0 Å². The Bertz CT molecular complexity index is 3340. The summed E-state index contributed by atoms with van der Waals surface area (Å²) < 4.78 is 13.2. The zero-order valence-corrected chi connectivity index (χ0v) is 33.3. The Hall–Kier alpha value is -7.88. The van der Waals surface area contributed by atoms with Gasteiger partial charge in [0.15, 0.2) is 0 Å². The van der Waals surface area contributed by atoms with Gasteiger partial charge in [0.1, 0.15) is 23.0 Å². The molecule has 0 spiro atoms. The number of hydrogen-bond donors (Lipinski definition) is 0. The summed E-state index contributed by atoms with van der Waals surface area (Å²) in [6.45, 7) is 0. The molecule has 0 bridgehead atoms. The highest BCUT2D eigenvalue weighted by Gasteiger charge is 2.39. The van der Waals surface area contributed by atoms with Gasteiger partial charge in [-0.1, -0.05) is 164 Å². The molecular weight excluding hydrogens is 743 g/mol. The molecule has 0 saturated carbocycles. The molecule has 3 heteroatoms. The number of benzene rings is 9. The summed E-state index contributed by atoms with van der Waals surface area (Å²) in [4.78, 5) is 2.43. The predicted molar refractivity (Wildman–Crippen MR) is 252 cm³/mol. The number of allylic oxidation sites excluding steroid dienone is 2. The Morgan fingerprint density at radius 3 is 2.02 bits per heavy atom. The molecule has 1 aromatic heterocycles. The maximum atomic E-state index is 6.62. The third-order valence-electron chi connectivity index (χ3n) is 12.4. The number of rotatable bonds is 7. The van der Waals surface area contributed by atoms with Crippen LogP contribution in [0.3, 0.4) is 0 Å². The van der Waals surface area contributed by atoms with Gasteiger partial charge in [0.05, 0.1) is 5.92 Å². The summed E-state index contributed by atoms with van der Waals surface area (Å²) in [6, 6.07) is 73.9. The monoisotopic (exact) mass is 781 g/mol. The molecule has 61 heavy (non-hydrogen) atoms. The summed E-state index contributed by atoms with van der Waals surface area (Å²) in [5.41, 5.74) is 15.8. The standard InChI is InChI=1S/C58H39NO2/c1-3-14-39(15-4-1)46-34-31-42(37-51(46)40-16-5-2-6-17-40)38-28-32-44(33-29-38)59(52-24-13-27-55-57(52)49-22-9-10-25-53(49)60-55)45-20-11-19-43(36-45)47-23-12-26-54-56(47)50-35-30-41-18-7-8-21-48(41)58(50)61-54/h1-37,55,57H. The van der Waals surface area contributed by atoms with Crippen molar-refractivity contribution in [3.05, 3.63) is 236 Å². The first-order chi connectivity index (χ1) is 30.2. The van der Waals surface area contributed by atoms with Crippen LogP contribution in [0.15, 0.2) is 235 Å². The lowest BCUT2D eigenvalue weighted by atomic mass is 9.87. The van der Waals surface area contributed by atoms with Gasteiger partial charge >= 0.3 is 0 Å². The Balaban J connectivity index is 0.991. The third-order valence-corrected chi connectivity index (χ3v) is 12.4. The van der Waals surface area contributed by atoms with Crippen LogP contribution in [0.2, 0.25) is 0 Å². The highest BCUT2D eigenvalue weighted by molar-refractivity contribution is 6.19. The van der Waals surface area contributed by atoms with Gasteiger partial charge in [-0.3, -0.25) is 0 Å². The van der Waals surface area contributed by atoms with E-state index in [2.05, 4.69) is 229 Å². The average molecular weight is 782 g/mol. The van der Waals surface area contributed by atoms with Gasteiger partial charge in [0.25, 0.3) is 0 Å². The van der Waals surface area contributed by atoms with E-state index >= 15 is 0 Å². The van der Waals surface area contributed by atoms with Gasteiger partial charge in [-0.05, 0) is 111 Å². The van der Waals surface area contributed by atoms with Crippen LogP contribution < -0.4 is 9.64 Å². The maximum absolute atomic E-state index is 6.62. The molecule has 2 heterocycles. The lowest BCUT2D eigenvalue weighted by Gasteiger charge is -2.34. The first-order valence-electron chi connectivity index (χ1n) is 21.0. The van der Waals surface area contributed by atoms with Crippen molar-refractivity contribution in [2.24, 2.45) is 0 Å². The van der Waals surface area contributed by atoms with E-state index in [9.17, 15) is 0 Å². The van der Waals surface area contributed by atoms with E-state index in [0.717, 1.165) is 61.1 Å². The number of nitrogens with zero attached hydrogens (tertiary/aromatic N) is 1. The average Bonchev–Trinajstić information content (AvgIpc) is 3.92. The molecule has 3 nitrogen and oxygen atoms in total. The van der Waals surface area contributed by atoms with Crippen LogP contribution in [0, 0.1) is 0 Å². The Labute approximate surface area is 354 Å². The molecule has 0 amide bonds. The highest BCUT2D eigenvalue weighted by Crippen LogP contribution is 2.49. The normalized spacial score (nSPS) is 15.4. The molecular formula is C58H39NO2. The number of anilines is 2. The molecule has 9 aromatic carbocycles. The lowest BCUT2D eigenvalue weighted by Crippen LogP contribution is -2.29. The number of fused-ring (bicyclic) bond motifs is 8. The highest BCUT2D eigenvalue weighted by atomic mass is 16.5. The maximum Gasteiger partial charge on any atom is 0.143 e. The fraction of sp³-hybridized carbons (Fsp3) is 0.0345. The van der Waals surface area contributed by atoms with Gasteiger partial charge in [-0.25, -0.2) is 0 Å². The predicted octanol–water partition coefficient (Wildman–Crippen LogP) is 15.5. The van der Waals surface area contributed by atoms with E-state index in [0.29, 0.717) is 0 Å². The third kappa shape index (κ3) is 5.97. The molecule has 12 rings (SSSR count). The first kappa shape index (κ1) is 35.1. The minimum atomic E-state index is -0.0947. The van der Waals surface area contributed by atoms with E-state index in [1.807, 2.05) is 0 Å². The quantitative estimate of drug-likeness (QED) is 0.161. The fourth-order valence-corrected chi connectivity index (χ4v) is 9.60. The topological polar surface area (TPSA) is 25.6 Å². The second kappa shape index (κ2) is 14.4. The molecule has 2 atom stereocenters. The zero-order chi connectivity index (χ0) is 40.3. The molecule has 1 aliphatic heterocycles. The molecule has 0 N–H and O–H groups in total. The second-order valence-electron chi connectivity index (χ2n) is 15.9. The van der Waals surface area contributed by atoms with Crippen LogP contribution in [-0.2, 0) is 0 Å². The number of hydrogen-bond acceptors (Lipinski definition) is 3. The molecule has 0 radical (unpaired) electrons. The summed E-state index contributed by atoms with van der Waals surface area (Å²) in [5, 5.41) is 4.55. The van der Waals surface area contributed by atoms with Gasteiger partial charge in [-0.2, -0.15) is 0 Å². The molecule has 2 unspecified atom stereocenters. The summed E-state index contributed by atoms with van der Waals surface area (Å²) in [5.74, 6) is 0.969. The van der Waals surface area contributed by atoms with E-state index in [4.69, 9.17) is 9.15 Å². The molecule has 2 aliphatic rings. The molecule has 0 saturated heterocycles. The Morgan fingerprint density at radius 2 is 1.16 bits per heavy atom. The van der Waals surface area contributed by atoms with Gasteiger partial charge in [0.2, 0.25) is 0 Å². The largest absolute Gasteiger partial charge is 0.485 e. The minimum Gasteiger partial charge on any atom is -0.485 e. The van der Waals surface area contributed by atoms with Crippen molar-refractivity contribution in [3.8, 4) is 50.3 Å². The smallest absolute Gasteiger partial charge is 0.143 e. The summed E-state index contributed by atoms with van der Waals surface area (Å²) in [6.07, 6.45) is 6.50. The van der Waals surface area contributed by atoms with Crippen molar-refractivity contribution in [1.29, 1.82) is 0 Å². The Morgan fingerprint density at radius 1 is 0.443 bits per heavy atom. The van der Waals surface area contributed by atoms with Crippen LogP contribution in [-0.4, -0.2) is 6.10 Å². The fourth-order valence-electron chi connectivity index (χ4n) is 9.60. The van der Waals surface area contributed by atoms with Crippen LogP contribution in [0.4, 0.5) is 11.4 Å². The van der Waals surface area contributed by atoms with Crippen molar-refractivity contribution in [2.75, 3.05) is 4.90 Å². The Kier molecular flexibility index (Phi) is 8.31. The zero-order valence-electron chi connectivity index (χ0n) is 33.3. The molecule has 1 aliphatic carbocycles. The van der Waals surface area contributed by atoms with Crippen molar-refractivity contribution >= 4 is 44.1 Å². The van der Waals surface area contributed by atoms with E-state index in [1.165, 1.54) is 44.5 Å². The van der Waals surface area contributed by atoms with Crippen molar-refractivity contribution in [2.45, 2.75) is 12.0 Å². The number of ether oxygens (including phenoxy) is 1. The van der Waals surface area contributed by atoms with Crippen molar-refractivity contribution in [1.82, 2.24) is 0 Å². The van der Waals surface area contributed by atoms with E-state index in [1.54, 1.807) is 0 Å². The number of para-hydroxylation sites is 1. The van der Waals surface area contributed by atoms with Gasteiger partial charge < -0.3 is 14.1 Å². The van der Waals surface area contributed by atoms with E-state index in [-0.39, 0.29) is 12.0 Å². The van der Waals surface area contributed by atoms with Crippen molar-refractivity contribution < 1.29 is 9.15 Å². The molecule has 0 fully saturated rings. The molecule has 288 valence electrons. The second-order valence-corrected chi connectivity index (χ2v) is 15.9. The van der Waals surface area contributed by atoms with Gasteiger partial charge in [-0.15, -0.1) is 0 Å². The SMILES string of the molecule is C1=CC2Oc3ccccc3C2C(N(c2ccc(-c3ccc(-c4ccccc4)c(-c4ccccc4)c3)cc2)c2cccc(-c3cccc4oc5c6ccccc6ccc5c34)c2)=C1. The van der Waals surface area contributed by atoms with Crippen LogP contribution in [0.5, 0.6) is 5.75 Å². The number of furan rings is 1. The lowest BCUT2D eigenvalue weighted by molar-refractivity contribution is 0.264. The first-order valence-corrected chi connectivity index (χ1v) is 21.0. The van der Waals surface area contributed by atoms with Crippen LogP contribution in [0.25, 0.3) is 77.2 Å². The minimum absolute atomic E-state index is 0.0259. The summed E-state index contributed by atoms with van der Waals surface area (Å²) in [7, 11) is 0.